The van der Waals surface area contributed by atoms with Crippen LogP contribution in [-0.4, -0.2) is 5.79 Å². The van der Waals surface area contributed by atoms with Gasteiger partial charge in [0, 0.05) is 11.8 Å². The van der Waals surface area contributed by atoms with Crippen molar-refractivity contribution in [2.24, 2.45) is 11.8 Å². The molecule has 0 amide bonds. The largest absolute Gasteiger partial charge is 0.448 e. The van der Waals surface area contributed by atoms with Crippen LogP contribution in [0.3, 0.4) is 0 Å². The van der Waals surface area contributed by atoms with Crippen LogP contribution in [0, 0.1) is 23.5 Å². The Morgan fingerprint density at radius 3 is 1.44 bits per heavy atom. The van der Waals surface area contributed by atoms with Crippen LogP contribution in [0.1, 0.15) is 118 Å². The summed E-state index contributed by atoms with van der Waals surface area (Å²) in [4.78, 5) is 0. The highest BCUT2D eigenvalue weighted by Crippen LogP contribution is 2.54. The minimum absolute atomic E-state index is 0.121. The lowest BCUT2D eigenvalue weighted by molar-refractivity contribution is -0.228. The number of hydrogen-bond donors (Lipinski definition) is 0. The molecule has 2 atom stereocenters. The molecule has 7 rings (SSSR count). The van der Waals surface area contributed by atoms with Crippen LogP contribution in [0.4, 0.5) is 8.78 Å². The summed E-state index contributed by atoms with van der Waals surface area (Å²) in [5.74, 6) is 0.350. The SMILES string of the molecule is Fc1cc(C2CCCCC2)cc2c1OC13Oc4c(F)cc(C5CCCCC5)cc4C[C@H]1CCC[C@@H]3C2. The zero-order valence-corrected chi connectivity index (χ0v) is 21.3. The standard InChI is InChI=1S/C32H38F2O2/c33-28-18-22(20-8-3-1-4-9-20)14-24-16-26-12-7-13-27-17-25-15-23(21-10-5-2-6-11-21)19-29(34)31(25)36-32(26,27)35-30(24)28/h14-15,18-21,26-27H,1-13,16-17H2/t26-,27-,32?/m1/s1. The molecule has 0 N–H and O–H groups in total. The highest BCUT2D eigenvalue weighted by atomic mass is 19.1. The molecule has 3 aliphatic carbocycles. The first-order chi connectivity index (χ1) is 17.6. The van der Waals surface area contributed by atoms with E-state index in [-0.39, 0.29) is 23.5 Å². The van der Waals surface area contributed by atoms with Gasteiger partial charge < -0.3 is 9.47 Å². The van der Waals surface area contributed by atoms with E-state index in [1.807, 2.05) is 0 Å². The summed E-state index contributed by atoms with van der Waals surface area (Å²) in [6, 6.07) is 7.83. The first kappa shape index (κ1) is 23.0. The number of fused-ring (bicyclic) bond motifs is 2. The predicted octanol–water partition coefficient (Wildman–Crippen LogP) is 8.74. The third kappa shape index (κ3) is 3.77. The van der Waals surface area contributed by atoms with E-state index in [0.29, 0.717) is 23.3 Å². The van der Waals surface area contributed by atoms with Crippen LogP contribution in [0.25, 0.3) is 0 Å². The lowest BCUT2D eigenvalue weighted by atomic mass is 9.68. The fraction of sp³-hybridized carbons (Fsp3) is 0.625. The van der Waals surface area contributed by atoms with E-state index in [2.05, 4.69) is 12.1 Å². The summed E-state index contributed by atoms with van der Waals surface area (Å²) in [5, 5.41) is 0. The van der Waals surface area contributed by atoms with Crippen molar-refractivity contribution < 1.29 is 18.3 Å². The summed E-state index contributed by atoms with van der Waals surface area (Å²) in [6.45, 7) is 0. The van der Waals surface area contributed by atoms with Crippen molar-refractivity contribution >= 4 is 0 Å². The van der Waals surface area contributed by atoms with Gasteiger partial charge in [0.05, 0.1) is 0 Å². The molecule has 192 valence electrons. The van der Waals surface area contributed by atoms with E-state index in [0.717, 1.165) is 80.0 Å². The Morgan fingerprint density at radius 1 is 0.556 bits per heavy atom. The van der Waals surface area contributed by atoms with E-state index in [4.69, 9.17) is 9.47 Å². The molecule has 0 radical (unpaired) electrons. The van der Waals surface area contributed by atoms with Crippen molar-refractivity contribution in [3.63, 3.8) is 0 Å². The van der Waals surface area contributed by atoms with Crippen molar-refractivity contribution in [3.05, 3.63) is 58.2 Å². The number of benzene rings is 2. The van der Waals surface area contributed by atoms with Gasteiger partial charge in [-0.15, -0.1) is 0 Å². The fourth-order valence-corrected chi connectivity index (χ4v) is 8.26. The molecule has 2 heterocycles. The molecule has 4 heteroatoms. The average molecular weight is 493 g/mol. The Morgan fingerprint density at radius 2 is 1.00 bits per heavy atom. The molecule has 0 aromatic heterocycles. The molecule has 2 aliphatic heterocycles. The number of halogens is 2. The molecule has 3 saturated carbocycles. The van der Waals surface area contributed by atoms with Crippen molar-refractivity contribution in [2.45, 2.75) is 114 Å². The third-order valence-electron chi connectivity index (χ3n) is 10.1. The molecule has 3 fully saturated rings. The lowest BCUT2D eigenvalue weighted by Crippen LogP contribution is -2.61. The molecule has 5 aliphatic rings. The molecule has 0 bridgehead atoms. The quantitative estimate of drug-likeness (QED) is 0.417. The molecule has 0 saturated heterocycles. The maximum absolute atomic E-state index is 15.6. The smallest absolute Gasteiger partial charge is 0.257 e. The normalized spacial score (nSPS) is 30.3. The summed E-state index contributed by atoms with van der Waals surface area (Å²) >= 11 is 0. The maximum atomic E-state index is 15.6. The average Bonchev–Trinajstić information content (AvgIpc) is 2.91. The van der Waals surface area contributed by atoms with E-state index in [9.17, 15) is 0 Å². The third-order valence-corrected chi connectivity index (χ3v) is 10.1. The van der Waals surface area contributed by atoms with Crippen LogP contribution < -0.4 is 9.47 Å². The maximum Gasteiger partial charge on any atom is 0.257 e. The van der Waals surface area contributed by atoms with Gasteiger partial charge in [-0.05, 0) is 97.6 Å². The zero-order chi connectivity index (χ0) is 24.3. The summed E-state index contributed by atoms with van der Waals surface area (Å²) in [5.41, 5.74) is 4.23. The van der Waals surface area contributed by atoms with Gasteiger partial charge in [0.1, 0.15) is 0 Å². The van der Waals surface area contributed by atoms with Crippen LogP contribution >= 0.6 is 0 Å². The molecule has 0 unspecified atom stereocenters. The number of rotatable bonds is 2. The first-order valence-electron chi connectivity index (χ1n) is 14.6. The predicted molar refractivity (Wildman–Crippen MR) is 137 cm³/mol. The topological polar surface area (TPSA) is 18.5 Å². The fourth-order valence-electron chi connectivity index (χ4n) is 8.26. The van der Waals surface area contributed by atoms with Crippen LogP contribution in [0.5, 0.6) is 11.5 Å². The van der Waals surface area contributed by atoms with Gasteiger partial charge in [-0.1, -0.05) is 57.1 Å². The number of ether oxygens (including phenoxy) is 2. The highest BCUT2D eigenvalue weighted by molar-refractivity contribution is 5.46. The first-order valence-corrected chi connectivity index (χ1v) is 14.6. The lowest BCUT2D eigenvalue weighted by Gasteiger charge is -2.53. The Kier molecular flexibility index (Phi) is 5.78. The van der Waals surface area contributed by atoms with Crippen LogP contribution in [-0.2, 0) is 12.8 Å². The van der Waals surface area contributed by atoms with Crippen LogP contribution in [0.15, 0.2) is 24.3 Å². The van der Waals surface area contributed by atoms with E-state index < -0.39 is 5.79 Å². The molecular formula is C32H38F2O2. The molecule has 2 aromatic rings. The van der Waals surface area contributed by atoms with Gasteiger partial charge in [-0.3, -0.25) is 0 Å². The Balaban J connectivity index is 1.23. The minimum atomic E-state index is -0.960. The van der Waals surface area contributed by atoms with Crippen molar-refractivity contribution in [1.29, 1.82) is 0 Å². The summed E-state index contributed by atoms with van der Waals surface area (Å²) in [7, 11) is 0. The van der Waals surface area contributed by atoms with Gasteiger partial charge in [0.25, 0.3) is 5.79 Å². The van der Waals surface area contributed by atoms with E-state index in [1.165, 1.54) is 38.5 Å². The van der Waals surface area contributed by atoms with Gasteiger partial charge in [-0.25, -0.2) is 8.78 Å². The summed E-state index contributed by atoms with van der Waals surface area (Å²) < 4.78 is 44.4. The monoisotopic (exact) mass is 492 g/mol. The van der Waals surface area contributed by atoms with Gasteiger partial charge >= 0.3 is 0 Å². The van der Waals surface area contributed by atoms with Gasteiger partial charge in [0.15, 0.2) is 23.1 Å². The highest BCUT2D eigenvalue weighted by Gasteiger charge is 2.57. The number of hydrogen-bond acceptors (Lipinski definition) is 2. The van der Waals surface area contributed by atoms with Crippen molar-refractivity contribution in [1.82, 2.24) is 0 Å². The Labute approximate surface area is 213 Å². The molecule has 36 heavy (non-hydrogen) atoms. The van der Waals surface area contributed by atoms with Crippen molar-refractivity contribution in [3.8, 4) is 11.5 Å². The second-order valence-corrected chi connectivity index (χ2v) is 12.3. The Hall–Kier alpha value is -2.10. The molecule has 1 spiro atoms. The second kappa shape index (κ2) is 9.03. The summed E-state index contributed by atoms with van der Waals surface area (Å²) in [6.07, 6.45) is 16.7. The Bertz CT molecular complexity index is 1060. The van der Waals surface area contributed by atoms with E-state index in [1.54, 1.807) is 12.1 Å². The van der Waals surface area contributed by atoms with Crippen molar-refractivity contribution in [2.75, 3.05) is 0 Å². The van der Waals surface area contributed by atoms with Gasteiger partial charge in [0.2, 0.25) is 0 Å². The molecular weight excluding hydrogens is 454 g/mol. The van der Waals surface area contributed by atoms with Gasteiger partial charge in [-0.2, -0.15) is 0 Å². The second-order valence-electron chi connectivity index (χ2n) is 12.3. The molecule has 2 nitrogen and oxygen atoms in total. The molecule has 2 aromatic carbocycles. The van der Waals surface area contributed by atoms with E-state index >= 15 is 8.78 Å². The van der Waals surface area contributed by atoms with Crippen LogP contribution in [0.2, 0.25) is 0 Å². The zero-order valence-electron chi connectivity index (χ0n) is 21.3. The minimum Gasteiger partial charge on any atom is -0.448 e.